The van der Waals surface area contributed by atoms with Gasteiger partial charge in [-0.05, 0) is 30.5 Å². The molecular formula is C20H25FN2O4. The van der Waals surface area contributed by atoms with Crippen LogP contribution in [0.2, 0.25) is 0 Å². The monoisotopic (exact) mass is 376 g/mol. The Morgan fingerprint density at radius 1 is 1.26 bits per heavy atom. The number of carbonyl (C=O) groups excluding carboxylic acids is 3. The van der Waals surface area contributed by atoms with Gasteiger partial charge in [0, 0.05) is 39.1 Å². The molecule has 146 valence electrons. The van der Waals surface area contributed by atoms with Crippen LogP contribution >= 0.6 is 0 Å². The number of carbonyl (C=O) groups is 3. The minimum Gasteiger partial charge on any atom is -0.468 e. The van der Waals surface area contributed by atoms with Crippen LogP contribution in [-0.2, 0) is 25.7 Å². The largest absolute Gasteiger partial charge is 0.468 e. The molecule has 2 saturated heterocycles. The average Bonchev–Trinajstić information content (AvgIpc) is 2.95. The van der Waals surface area contributed by atoms with Crippen molar-refractivity contribution in [2.45, 2.75) is 44.3 Å². The molecule has 0 aromatic heterocycles. The normalized spacial score (nSPS) is 27.5. The molecule has 3 atom stereocenters. The van der Waals surface area contributed by atoms with Crippen LogP contribution in [0.1, 0.15) is 31.2 Å². The zero-order valence-corrected chi connectivity index (χ0v) is 15.9. The lowest BCUT2D eigenvalue weighted by molar-refractivity contribution is -0.170. The van der Waals surface area contributed by atoms with Crippen molar-refractivity contribution in [1.29, 1.82) is 0 Å². The van der Waals surface area contributed by atoms with E-state index in [-0.39, 0.29) is 36.4 Å². The Morgan fingerprint density at radius 2 is 1.93 bits per heavy atom. The molecule has 2 heterocycles. The van der Waals surface area contributed by atoms with Crippen LogP contribution in [0.3, 0.4) is 0 Å². The highest BCUT2D eigenvalue weighted by Gasteiger charge is 2.62. The van der Waals surface area contributed by atoms with E-state index in [2.05, 4.69) is 4.90 Å². The lowest BCUT2D eigenvalue weighted by Crippen LogP contribution is -2.61. The fourth-order valence-electron chi connectivity index (χ4n) is 4.42. The molecule has 2 aliphatic heterocycles. The number of hydrogen-bond donors (Lipinski definition) is 0. The van der Waals surface area contributed by atoms with Gasteiger partial charge in [-0.3, -0.25) is 19.3 Å². The number of amides is 1. The maximum absolute atomic E-state index is 13.2. The fraction of sp³-hybridized carbons (Fsp3) is 0.550. The number of rotatable bonds is 5. The Labute approximate surface area is 158 Å². The zero-order valence-electron chi connectivity index (χ0n) is 15.9. The number of benzene rings is 1. The third-order valence-corrected chi connectivity index (χ3v) is 5.89. The topological polar surface area (TPSA) is 66.9 Å². The minimum absolute atomic E-state index is 0.0276. The summed E-state index contributed by atoms with van der Waals surface area (Å²) in [7, 11) is 4.46. The van der Waals surface area contributed by atoms with Crippen molar-refractivity contribution < 1.29 is 23.5 Å². The number of esters is 1. The third-order valence-electron chi connectivity index (χ3n) is 5.89. The quantitative estimate of drug-likeness (QED) is 0.579. The summed E-state index contributed by atoms with van der Waals surface area (Å²) in [6, 6.07) is 5.83. The lowest BCUT2D eigenvalue weighted by Gasteiger charge is -2.45. The molecule has 0 saturated carbocycles. The number of halogens is 1. The van der Waals surface area contributed by atoms with E-state index in [1.807, 2.05) is 0 Å². The molecule has 27 heavy (non-hydrogen) atoms. The molecule has 2 bridgehead atoms. The van der Waals surface area contributed by atoms with E-state index in [9.17, 15) is 18.8 Å². The van der Waals surface area contributed by atoms with Crippen LogP contribution in [0, 0.1) is 11.2 Å². The van der Waals surface area contributed by atoms with E-state index in [0.717, 1.165) is 12.0 Å². The summed E-state index contributed by atoms with van der Waals surface area (Å²) in [5, 5.41) is 0. The maximum atomic E-state index is 13.2. The van der Waals surface area contributed by atoms with Gasteiger partial charge in [-0.1, -0.05) is 12.1 Å². The van der Waals surface area contributed by atoms with E-state index in [0.29, 0.717) is 13.0 Å². The van der Waals surface area contributed by atoms with Gasteiger partial charge in [-0.25, -0.2) is 4.39 Å². The van der Waals surface area contributed by atoms with Crippen molar-refractivity contribution in [1.82, 2.24) is 9.80 Å². The van der Waals surface area contributed by atoms with Crippen LogP contribution in [0.4, 0.5) is 4.39 Å². The van der Waals surface area contributed by atoms with Crippen LogP contribution in [0.15, 0.2) is 24.3 Å². The first kappa shape index (κ1) is 19.5. The molecule has 0 radical (unpaired) electrons. The van der Waals surface area contributed by atoms with Crippen molar-refractivity contribution in [2.24, 2.45) is 5.41 Å². The summed E-state index contributed by atoms with van der Waals surface area (Å²) in [6.45, 7) is 0.498. The van der Waals surface area contributed by atoms with Crippen molar-refractivity contribution in [3.63, 3.8) is 0 Å². The Balaban J connectivity index is 1.96. The van der Waals surface area contributed by atoms with Crippen molar-refractivity contribution >= 4 is 17.7 Å². The number of nitrogens with zero attached hydrogens (tertiary/aromatic N) is 2. The van der Waals surface area contributed by atoms with Crippen LogP contribution in [0.5, 0.6) is 0 Å². The van der Waals surface area contributed by atoms with Crippen LogP contribution in [0.25, 0.3) is 0 Å². The molecule has 6 nitrogen and oxygen atoms in total. The maximum Gasteiger partial charge on any atom is 0.321 e. The van der Waals surface area contributed by atoms with E-state index in [4.69, 9.17) is 4.74 Å². The predicted molar refractivity (Wildman–Crippen MR) is 96.1 cm³/mol. The first-order chi connectivity index (χ1) is 12.8. The van der Waals surface area contributed by atoms with Crippen LogP contribution < -0.4 is 0 Å². The van der Waals surface area contributed by atoms with E-state index >= 15 is 0 Å². The molecule has 0 spiro atoms. The molecule has 1 aromatic rings. The second-order valence-electron chi connectivity index (χ2n) is 7.60. The highest BCUT2D eigenvalue weighted by molar-refractivity contribution is 6.08. The number of hydrogen-bond acceptors (Lipinski definition) is 5. The smallest absolute Gasteiger partial charge is 0.321 e. The fourth-order valence-corrected chi connectivity index (χ4v) is 4.42. The number of methoxy groups -OCH3 is 1. The Kier molecular flexibility index (Phi) is 5.33. The molecule has 7 heteroatoms. The Morgan fingerprint density at radius 3 is 2.52 bits per heavy atom. The molecule has 2 aliphatic rings. The van der Waals surface area contributed by atoms with Gasteiger partial charge < -0.3 is 9.64 Å². The summed E-state index contributed by atoms with van der Waals surface area (Å²) in [6.07, 6.45) is 1.45. The molecule has 2 fully saturated rings. The van der Waals surface area contributed by atoms with Gasteiger partial charge in [-0.2, -0.15) is 0 Å². The Hall–Kier alpha value is -2.28. The molecule has 0 unspecified atom stereocenters. The lowest BCUT2D eigenvalue weighted by atomic mass is 9.69. The average molecular weight is 376 g/mol. The molecular weight excluding hydrogens is 351 g/mol. The number of ketones is 1. The molecule has 1 aromatic carbocycles. The first-order valence-corrected chi connectivity index (χ1v) is 9.11. The van der Waals surface area contributed by atoms with Gasteiger partial charge in [0.15, 0.2) is 11.2 Å². The molecule has 0 aliphatic carbocycles. The van der Waals surface area contributed by atoms with Crippen molar-refractivity contribution in [3.8, 4) is 0 Å². The number of Topliss-reactive ketones (excluding diaryl/α,β-unsaturated/α-hetero) is 1. The summed E-state index contributed by atoms with van der Waals surface area (Å²) >= 11 is 0. The summed E-state index contributed by atoms with van der Waals surface area (Å²) in [4.78, 5) is 41.8. The van der Waals surface area contributed by atoms with E-state index in [1.54, 1.807) is 26.2 Å². The van der Waals surface area contributed by atoms with Crippen LogP contribution in [-0.4, -0.2) is 60.7 Å². The SMILES string of the molecule is COC(=O)[C@@]1(CC(=O)N(C)C)C(=O)C[C@H]2CC[C@H]1N2Cc1ccc(F)cc1. The number of piperidine rings is 1. The predicted octanol–water partition coefficient (Wildman–Crippen LogP) is 1.77. The minimum atomic E-state index is -1.48. The summed E-state index contributed by atoms with van der Waals surface area (Å²) in [5.41, 5.74) is -0.580. The van der Waals surface area contributed by atoms with Gasteiger partial charge in [0.2, 0.25) is 5.91 Å². The van der Waals surface area contributed by atoms with Crippen molar-refractivity contribution in [3.05, 3.63) is 35.6 Å². The Bertz CT molecular complexity index is 749. The second kappa shape index (κ2) is 7.38. The second-order valence-corrected chi connectivity index (χ2v) is 7.60. The molecule has 1 amide bonds. The van der Waals surface area contributed by atoms with E-state index in [1.165, 1.54) is 24.1 Å². The first-order valence-electron chi connectivity index (χ1n) is 9.11. The van der Waals surface area contributed by atoms with Gasteiger partial charge in [-0.15, -0.1) is 0 Å². The van der Waals surface area contributed by atoms with Crippen molar-refractivity contribution in [2.75, 3.05) is 21.2 Å². The molecule has 3 rings (SSSR count). The highest BCUT2D eigenvalue weighted by Crippen LogP contribution is 2.48. The van der Waals surface area contributed by atoms with Gasteiger partial charge in [0.1, 0.15) is 5.82 Å². The standard InChI is InChI=1S/C20H25FN2O4/c1-22(2)18(25)11-20(19(26)27-3)16-9-8-15(10-17(20)24)23(16)12-13-4-6-14(21)7-5-13/h4-7,15-16H,8-12H2,1-3H3/t15-,16-,20-/m1/s1. The zero-order chi connectivity index (χ0) is 19.8. The highest BCUT2D eigenvalue weighted by atomic mass is 19.1. The number of fused-ring (bicyclic) bond motifs is 2. The summed E-state index contributed by atoms with van der Waals surface area (Å²) < 4.78 is 18.2. The number of ether oxygens (including phenoxy) is 1. The van der Waals surface area contributed by atoms with Gasteiger partial charge in [0.25, 0.3) is 0 Å². The molecule has 0 N–H and O–H groups in total. The van der Waals surface area contributed by atoms with Gasteiger partial charge in [0.05, 0.1) is 13.5 Å². The third kappa shape index (κ3) is 3.36. The van der Waals surface area contributed by atoms with E-state index < -0.39 is 17.4 Å². The summed E-state index contributed by atoms with van der Waals surface area (Å²) in [5.74, 6) is -1.44. The van der Waals surface area contributed by atoms with Gasteiger partial charge >= 0.3 is 5.97 Å².